The van der Waals surface area contributed by atoms with Crippen molar-refractivity contribution in [3.05, 3.63) is 0 Å². The minimum absolute atomic E-state index is 0. The molecule has 1 fully saturated rings. The molecule has 84 valence electrons. The van der Waals surface area contributed by atoms with Crippen LogP contribution >= 0.6 is 12.6 Å². The first kappa shape index (κ1) is 16.1. The van der Waals surface area contributed by atoms with Crippen molar-refractivity contribution in [3.63, 3.8) is 0 Å². The van der Waals surface area contributed by atoms with Crippen LogP contribution in [0.25, 0.3) is 0 Å². The molecule has 0 aliphatic carbocycles. The van der Waals surface area contributed by atoms with Crippen molar-refractivity contribution >= 4 is 22.7 Å². The Labute approximate surface area is 118 Å². The molecule has 9 heteroatoms. The van der Waals surface area contributed by atoms with Gasteiger partial charge in [-0.25, -0.2) is 18.9 Å². The Kier molecular flexibility index (Phi) is 6.64. The van der Waals surface area contributed by atoms with E-state index in [4.69, 9.17) is 0 Å². The van der Waals surface area contributed by atoms with Gasteiger partial charge in [0.1, 0.15) is 5.50 Å². The second-order valence-corrected chi connectivity index (χ2v) is 5.26. The van der Waals surface area contributed by atoms with Crippen LogP contribution in [0.1, 0.15) is 6.92 Å². The molecule has 1 N–H and O–H groups in total. The standard InChI is InChI=1S/C6H15N3O3S2.Na/c1-5-8(2)7-6(13)9(5)3-4-14(10,11)12;/h5-7,13H,3-4H2,1-2H3,(H,10,11,12);/q;+1/p-1. The minimum atomic E-state index is -4.15. The Morgan fingerprint density at radius 2 is 2.07 bits per heavy atom. The van der Waals surface area contributed by atoms with Crippen LogP contribution in [0.5, 0.6) is 0 Å². The molecule has 0 aromatic heterocycles. The predicted octanol–water partition coefficient (Wildman–Crippen LogP) is -4.15. The first-order chi connectivity index (χ1) is 6.31. The van der Waals surface area contributed by atoms with E-state index in [0.29, 0.717) is 0 Å². The molecule has 0 amide bonds. The van der Waals surface area contributed by atoms with Crippen molar-refractivity contribution in [3.8, 4) is 0 Å². The van der Waals surface area contributed by atoms with Crippen LogP contribution in [0, 0.1) is 0 Å². The van der Waals surface area contributed by atoms with Crippen molar-refractivity contribution in [2.75, 3.05) is 19.3 Å². The Hall–Kier alpha value is 1.14. The molecule has 0 spiro atoms. The van der Waals surface area contributed by atoms with Crippen LogP contribution in [-0.2, 0) is 10.1 Å². The van der Waals surface area contributed by atoms with Gasteiger partial charge in [-0.15, -0.1) is 12.6 Å². The maximum Gasteiger partial charge on any atom is 1.00 e. The van der Waals surface area contributed by atoms with Gasteiger partial charge >= 0.3 is 29.6 Å². The molecule has 1 aliphatic rings. The predicted molar refractivity (Wildman–Crippen MR) is 54.4 cm³/mol. The monoisotopic (exact) mass is 263 g/mol. The number of rotatable bonds is 3. The maximum atomic E-state index is 10.4. The first-order valence-electron chi connectivity index (χ1n) is 4.17. The number of nitrogens with one attached hydrogen (secondary N) is 1. The van der Waals surface area contributed by atoms with Crippen LogP contribution in [0.3, 0.4) is 0 Å². The molecule has 0 aromatic carbocycles. The summed E-state index contributed by atoms with van der Waals surface area (Å²) in [6, 6.07) is 0. The summed E-state index contributed by atoms with van der Waals surface area (Å²) < 4.78 is 31.3. The third-order valence-electron chi connectivity index (χ3n) is 2.27. The second kappa shape index (κ2) is 6.18. The van der Waals surface area contributed by atoms with E-state index in [0.717, 1.165) is 0 Å². The molecule has 15 heavy (non-hydrogen) atoms. The SMILES string of the molecule is CC1N(C)NC(S)N1CCS(=O)(=O)[O-].[Na+]. The first-order valence-corrected chi connectivity index (χ1v) is 6.27. The molecule has 2 unspecified atom stereocenters. The number of nitrogens with zero attached hydrogens (tertiary/aromatic N) is 2. The summed E-state index contributed by atoms with van der Waals surface area (Å²) >= 11 is 4.21. The Morgan fingerprint density at radius 1 is 1.53 bits per heavy atom. The third-order valence-corrected chi connectivity index (χ3v) is 3.37. The van der Waals surface area contributed by atoms with E-state index in [2.05, 4.69) is 18.1 Å². The van der Waals surface area contributed by atoms with Gasteiger partial charge in [0.25, 0.3) is 0 Å². The van der Waals surface area contributed by atoms with E-state index in [1.807, 2.05) is 19.0 Å². The summed E-state index contributed by atoms with van der Waals surface area (Å²) in [6.07, 6.45) is 0.0271. The van der Waals surface area contributed by atoms with Crippen molar-refractivity contribution in [1.29, 1.82) is 0 Å². The van der Waals surface area contributed by atoms with Gasteiger partial charge in [-0.05, 0) is 6.92 Å². The third kappa shape index (κ3) is 4.88. The molecule has 0 bridgehead atoms. The van der Waals surface area contributed by atoms with Crippen LogP contribution in [0.4, 0.5) is 0 Å². The fraction of sp³-hybridized carbons (Fsp3) is 1.00. The van der Waals surface area contributed by atoms with E-state index in [9.17, 15) is 13.0 Å². The van der Waals surface area contributed by atoms with Crippen LogP contribution < -0.4 is 35.0 Å². The average Bonchev–Trinajstić information content (AvgIpc) is 2.23. The van der Waals surface area contributed by atoms with Crippen LogP contribution in [-0.4, -0.2) is 53.9 Å². The zero-order valence-electron chi connectivity index (χ0n) is 9.04. The van der Waals surface area contributed by atoms with Crippen molar-refractivity contribution in [1.82, 2.24) is 15.3 Å². The zero-order chi connectivity index (χ0) is 10.9. The van der Waals surface area contributed by atoms with Crippen LogP contribution in [0.15, 0.2) is 0 Å². The summed E-state index contributed by atoms with van der Waals surface area (Å²) in [7, 11) is -2.31. The van der Waals surface area contributed by atoms with Gasteiger partial charge in [-0.2, -0.15) is 0 Å². The molecule has 2 atom stereocenters. The smallest absolute Gasteiger partial charge is 0.748 e. The molecular formula is C6H14N3NaO3S2. The van der Waals surface area contributed by atoms with Crippen molar-refractivity contribution < 1.29 is 42.5 Å². The molecule has 1 saturated heterocycles. The van der Waals surface area contributed by atoms with Gasteiger partial charge in [0.05, 0.1) is 22.0 Å². The summed E-state index contributed by atoms with van der Waals surface area (Å²) in [5, 5.41) is 1.81. The van der Waals surface area contributed by atoms with E-state index in [-0.39, 0.29) is 53.5 Å². The fourth-order valence-electron chi connectivity index (χ4n) is 1.32. The number of hydrazine groups is 1. The van der Waals surface area contributed by atoms with Crippen LogP contribution in [0.2, 0.25) is 0 Å². The van der Waals surface area contributed by atoms with E-state index >= 15 is 0 Å². The Morgan fingerprint density at radius 3 is 2.40 bits per heavy atom. The fourth-order valence-corrected chi connectivity index (χ4v) is 2.24. The average molecular weight is 263 g/mol. The van der Waals surface area contributed by atoms with Gasteiger partial charge in [0.15, 0.2) is 0 Å². The number of hydrogen-bond donors (Lipinski definition) is 2. The van der Waals surface area contributed by atoms with E-state index in [1.165, 1.54) is 0 Å². The minimum Gasteiger partial charge on any atom is -0.748 e. The Bertz CT molecular complexity index is 300. The summed E-state index contributed by atoms with van der Waals surface area (Å²) in [5.41, 5.74) is 2.74. The second-order valence-electron chi connectivity index (χ2n) is 3.25. The summed E-state index contributed by atoms with van der Waals surface area (Å²) in [4.78, 5) is 1.79. The van der Waals surface area contributed by atoms with Gasteiger partial charge in [-0.1, -0.05) is 0 Å². The Balaban J connectivity index is 0.00000196. The van der Waals surface area contributed by atoms with Crippen molar-refractivity contribution in [2.24, 2.45) is 0 Å². The van der Waals surface area contributed by atoms with Gasteiger partial charge < -0.3 is 4.55 Å². The molecule has 0 saturated carbocycles. The van der Waals surface area contributed by atoms with E-state index < -0.39 is 10.1 Å². The molecule has 1 rings (SSSR count). The molecule has 1 aliphatic heterocycles. The quantitative estimate of drug-likeness (QED) is 0.306. The van der Waals surface area contributed by atoms with Gasteiger partial charge in [-0.3, -0.25) is 4.90 Å². The van der Waals surface area contributed by atoms with Gasteiger partial charge in [0, 0.05) is 13.6 Å². The maximum absolute atomic E-state index is 10.4. The molecule has 0 aromatic rings. The molecule has 0 radical (unpaired) electrons. The summed E-state index contributed by atoms with van der Waals surface area (Å²) in [5.74, 6) is -0.385. The number of thiol groups is 1. The van der Waals surface area contributed by atoms with Crippen molar-refractivity contribution in [2.45, 2.75) is 18.6 Å². The largest absolute Gasteiger partial charge is 1.00 e. The number of hydrogen-bond acceptors (Lipinski definition) is 7. The topological polar surface area (TPSA) is 75.7 Å². The zero-order valence-corrected chi connectivity index (χ0v) is 12.8. The van der Waals surface area contributed by atoms with E-state index in [1.54, 1.807) is 4.90 Å². The summed E-state index contributed by atoms with van der Waals surface area (Å²) in [6.45, 7) is 2.10. The molecular weight excluding hydrogens is 249 g/mol. The molecule has 6 nitrogen and oxygen atoms in total. The molecule has 1 heterocycles. The van der Waals surface area contributed by atoms with Gasteiger partial charge in [0.2, 0.25) is 0 Å². The normalized spacial score (nSPS) is 29.1.